The number of rotatable bonds is 3. The average molecular weight is 280 g/mol. The minimum Gasteiger partial charge on any atom is -0.480 e. The molecular formula is C17H16N2O2. The first-order valence-electron chi connectivity index (χ1n) is 6.76. The highest BCUT2D eigenvalue weighted by Gasteiger charge is 2.20. The van der Waals surface area contributed by atoms with E-state index in [-0.39, 0.29) is 0 Å². The van der Waals surface area contributed by atoms with Crippen LogP contribution in [0, 0.1) is 0 Å². The maximum absolute atomic E-state index is 11.4. The van der Waals surface area contributed by atoms with Crippen molar-refractivity contribution in [3.05, 3.63) is 54.6 Å². The van der Waals surface area contributed by atoms with Crippen LogP contribution in [0.15, 0.2) is 54.6 Å². The average Bonchev–Trinajstić information content (AvgIpc) is 2.85. The summed E-state index contributed by atoms with van der Waals surface area (Å²) in [5, 5.41) is 10.3. The number of aliphatic carboxylic acids is 1. The maximum Gasteiger partial charge on any atom is 0.326 e. The van der Waals surface area contributed by atoms with Crippen LogP contribution in [0.1, 0.15) is 13.0 Å². The number of hydrogen-bond donors (Lipinski definition) is 2. The van der Waals surface area contributed by atoms with Crippen LogP contribution in [-0.2, 0) is 4.79 Å². The summed E-state index contributed by atoms with van der Waals surface area (Å²) < 4.78 is 1.84. The summed E-state index contributed by atoms with van der Waals surface area (Å²) in [6.07, 6.45) is 0. The number of benzene rings is 2. The third kappa shape index (κ3) is 2.25. The van der Waals surface area contributed by atoms with Gasteiger partial charge in [-0.2, -0.15) is 0 Å². The van der Waals surface area contributed by atoms with Crippen molar-refractivity contribution in [3.8, 4) is 11.3 Å². The van der Waals surface area contributed by atoms with Gasteiger partial charge in [-0.3, -0.25) is 0 Å². The molecule has 1 atom stereocenters. The molecule has 4 heteroatoms. The molecule has 0 bridgehead atoms. The van der Waals surface area contributed by atoms with Gasteiger partial charge in [0.05, 0.1) is 0 Å². The van der Waals surface area contributed by atoms with E-state index in [0.29, 0.717) is 5.69 Å². The van der Waals surface area contributed by atoms with Gasteiger partial charge in [-0.15, -0.1) is 0 Å². The van der Waals surface area contributed by atoms with Crippen LogP contribution in [0.3, 0.4) is 0 Å². The molecule has 3 rings (SSSR count). The summed E-state index contributed by atoms with van der Waals surface area (Å²) in [5.74, 6) is -0.860. The second-order valence-electron chi connectivity index (χ2n) is 5.10. The molecule has 1 unspecified atom stereocenters. The van der Waals surface area contributed by atoms with Crippen molar-refractivity contribution in [3.63, 3.8) is 0 Å². The third-order valence-corrected chi connectivity index (χ3v) is 3.68. The van der Waals surface area contributed by atoms with Crippen molar-refractivity contribution >= 4 is 22.6 Å². The SMILES string of the molecule is CC(C(=O)O)n1c(-c2ccccc2)cc2cc(N)ccc21. The molecule has 0 aliphatic heterocycles. The second kappa shape index (κ2) is 4.98. The first-order chi connectivity index (χ1) is 10.1. The second-order valence-corrected chi connectivity index (χ2v) is 5.10. The van der Waals surface area contributed by atoms with Gasteiger partial charge >= 0.3 is 5.97 Å². The fourth-order valence-corrected chi connectivity index (χ4v) is 2.61. The molecule has 0 saturated heterocycles. The van der Waals surface area contributed by atoms with E-state index in [4.69, 9.17) is 5.73 Å². The number of fused-ring (bicyclic) bond motifs is 1. The van der Waals surface area contributed by atoms with Crippen LogP contribution in [0.4, 0.5) is 5.69 Å². The number of carboxylic acid groups (broad SMARTS) is 1. The van der Waals surface area contributed by atoms with E-state index in [2.05, 4.69) is 0 Å². The first kappa shape index (κ1) is 13.2. The molecule has 0 spiro atoms. The summed E-state index contributed by atoms with van der Waals surface area (Å²) in [4.78, 5) is 11.4. The quantitative estimate of drug-likeness (QED) is 0.721. The van der Waals surface area contributed by atoms with Crippen molar-refractivity contribution in [2.45, 2.75) is 13.0 Å². The number of carboxylic acids is 1. The Labute approximate surface area is 122 Å². The zero-order chi connectivity index (χ0) is 15.0. The topological polar surface area (TPSA) is 68.2 Å². The van der Waals surface area contributed by atoms with E-state index in [1.165, 1.54) is 0 Å². The number of nitrogens with zero attached hydrogens (tertiary/aromatic N) is 1. The minimum atomic E-state index is -0.860. The highest BCUT2D eigenvalue weighted by Crippen LogP contribution is 2.32. The summed E-state index contributed by atoms with van der Waals surface area (Å²) in [6, 6.07) is 16.6. The Morgan fingerprint density at radius 3 is 2.52 bits per heavy atom. The van der Waals surface area contributed by atoms with Gasteiger partial charge in [0.2, 0.25) is 0 Å². The van der Waals surface area contributed by atoms with Gasteiger partial charge in [0, 0.05) is 22.3 Å². The number of aromatic nitrogens is 1. The van der Waals surface area contributed by atoms with Gasteiger partial charge < -0.3 is 15.4 Å². The highest BCUT2D eigenvalue weighted by atomic mass is 16.4. The first-order valence-corrected chi connectivity index (χ1v) is 6.76. The number of hydrogen-bond acceptors (Lipinski definition) is 2. The summed E-state index contributed by atoms with van der Waals surface area (Å²) >= 11 is 0. The molecule has 106 valence electrons. The Morgan fingerprint density at radius 1 is 1.14 bits per heavy atom. The molecule has 0 radical (unpaired) electrons. The summed E-state index contributed by atoms with van der Waals surface area (Å²) in [7, 11) is 0. The summed E-state index contributed by atoms with van der Waals surface area (Å²) in [5.41, 5.74) is 9.24. The monoisotopic (exact) mass is 280 g/mol. The number of nitrogen functional groups attached to an aromatic ring is 1. The molecule has 4 nitrogen and oxygen atoms in total. The molecule has 0 amide bonds. The lowest BCUT2D eigenvalue weighted by Crippen LogP contribution is -2.16. The van der Waals surface area contributed by atoms with E-state index in [1.54, 1.807) is 13.0 Å². The molecule has 1 aromatic heterocycles. The Kier molecular flexibility index (Phi) is 3.14. The lowest BCUT2D eigenvalue weighted by atomic mass is 10.1. The fraction of sp³-hybridized carbons (Fsp3) is 0.118. The predicted octanol–water partition coefficient (Wildman–Crippen LogP) is 3.54. The summed E-state index contributed by atoms with van der Waals surface area (Å²) in [6.45, 7) is 1.69. The highest BCUT2D eigenvalue weighted by molar-refractivity contribution is 5.91. The van der Waals surface area contributed by atoms with Crippen molar-refractivity contribution < 1.29 is 9.90 Å². The third-order valence-electron chi connectivity index (χ3n) is 3.68. The molecule has 2 aromatic carbocycles. The molecule has 0 aliphatic rings. The minimum absolute atomic E-state index is 0.652. The lowest BCUT2D eigenvalue weighted by Gasteiger charge is -2.15. The van der Waals surface area contributed by atoms with E-state index < -0.39 is 12.0 Å². The number of carbonyl (C=O) groups is 1. The molecule has 3 N–H and O–H groups in total. The van der Waals surface area contributed by atoms with Crippen LogP contribution < -0.4 is 5.73 Å². The normalized spacial score (nSPS) is 12.4. The van der Waals surface area contributed by atoms with Gasteiger partial charge in [-0.1, -0.05) is 30.3 Å². The molecule has 1 heterocycles. The van der Waals surface area contributed by atoms with E-state index in [1.807, 2.05) is 53.1 Å². The van der Waals surface area contributed by atoms with Gasteiger partial charge in [-0.05, 0) is 36.8 Å². The van der Waals surface area contributed by atoms with Crippen LogP contribution in [-0.4, -0.2) is 15.6 Å². The van der Waals surface area contributed by atoms with Crippen molar-refractivity contribution in [2.24, 2.45) is 0 Å². The Balaban J connectivity index is 2.32. The van der Waals surface area contributed by atoms with Gasteiger partial charge in [0.1, 0.15) is 6.04 Å². The zero-order valence-electron chi connectivity index (χ0n) is 11.7. The van der Waals surface area contributed by atoms with Crippen molar-refractivity contribution in [1.82, 2.24) is 4.57 Å². The number of nitrogens with two attached hydrogens (primary N) is 1. The van der Waals surface area contributed by atoms with Gasteiger partial charge in [0.15, 0.2) is 0 Å². The van der Waals surface area contributed by atoms with Crippen LogP contribution in [0.2, 0.25) is 0 Å². The molecular weight excluding hydrogens is 264 g/mol. The lowest BCUT2D eigenvalue weighted by molar-refractivity contribution is -0.140. The largest absolute Gasteiger partial charge is 0.480 e. The maximum atomic E-state index is 11.4. The molecule has 21 heavy (non-hydrogen) atoms. The van der Waals surface area contributed by atoms with Crippen LogP contribution in [0.5, 0.6) is 0 Å². The standard InChI is InChI=1S/C17H16N2O2/c1-11(17(20)21)19-15-8-7-14(18)9-13(15)10-16(19)12-5-3-2-4-6-12/h2-11H,18H2,1H3,(H,20,21). The Hall–Kier alpha value is -2.75. The van der Waals surface area contributed by atoms with Gasteiger partial charge in [0.25, 0.3) is 0 Å². The molecule has 0 aliphatic carbocycles. The van der Waals surface area contributed by atoms with Crippen LogP contribution in [0.25, 0.3) is 22.2 Å². The number of anilines is 1. The van der Waals surface area contributed by atoms with E-state index in [9.17, 15) is 9.90 Å². The predicted molar refractivity (Wildman–Crippen MR) is 84.1 cm³/mol. The molecule has 0 saturated carbocycles. The Bertz CT molecular complexity index is 806. The van der Waals surface area contributed by atoms with E-state index >= 15 is 0 Å². The van der Waals surface area contributed by atoms with E-state index in [0.717, 1.165) is 22.2 Å². The van der Waals surface area contributed by atoms with Crippen molar-refractivity contribution in [1.29, 1.82) is 0 Å². The van der Waals surface area contributed by atoms with Crippen molar-refractivity contribution in [2.75, 3.05) is 5.73 Å². The van der Waals surface area contributed by atoms with Crippen LogP contribution >= 0.6 is 0 Å². The zero-order valence-corrected chi connectivity index (χ0v) is 11.7. The Morgan fingerprint density at radius 2 is 1.86 bits per heavy atom. The fourth-order valence-electron chi connectivity index (χ4n) is 2.61. The molecule has 3 aromatic rings. The van der Waals surface area contributed by atoms with Gasteiger partial charge in [-0.25, -0.2) is 4.79 Å². The smallest absolute Gasteiger partial charge is 0.326 e. The molecule has 0 fully saturated rings.